The van der Waals surface area contributed by atoms with Crippen molar-refractivity contribution in [2.75, 3.05) is 12.3 Å². The number of nitrogens with two attached hydrogens (primary N) is 2. The number of nitrogen functional groups attached to an aromatic ring is 1. The summed E-state index contributed by atoms with van der Waals surface area (Å²) in [5.74, 6) is -1.24. The monoisotopic (exact) mass is 252 g/mol. The van der Waals surface area contributed by atoms with Gasteiger partial charge in [0.25, 0.3) is 5.91 Å². The van der Waals surface area contributed by atoms with Gasteiger partial charge in [-0.2, -0.15) is 0 Å². The predicted octanol–water partition coefficient (Wildman–Crippen LogP) is -1.02. The number of aliphatic hydroxyl groups excluding tert-OH is 1. The molecule has 1 atom stereocenters. The lowest BCUT2D eigenvalue weighted by atomic mass is 10.3. The summed E-state index contributed by atoms with van der Waals surface area (Å²) in [6.07, 6.45) is 2.39. The third-order valence-corrected chi connectivity index (χ3v) is 2.83. The molecule has 7 nitrogen and oxygen atoms in total. The van der Waals surface area contributed by atoms with E-state index in [-0.39, 0.29) is 12.5 Å². The Morgan fingerprint density at radius 1 is 1.56 bits per heavy atom. The number of carbonyl (C=O) groups is 2. The first-order valence-corrected chi connectivity index (χ1v) is 5.72. The van der Waals surface area contributed by atoms with E-state index in [1.165, 1.54) is 0 Å². The molecule has 2 rings (SSSR count). The van der Waals surface area contributed by atoms with E-state index in [4.69, 9.17) is 11.5 Å². The van der Waals surface area contributed by atoms with Crippen molar-refractivity contribution < 1.29 is 14.7 Å². The van der Waals surface area contributed by atoms with Crippen LogP contribution in [0.3, 0.4) is 0 Å². The molecule has 0 aromatic carbocycles. The quantitative estimate of drug-likeness (QED) is 0.535. The third-order valence-electron chi connectivity index (χ3n) is 2.83. The summed E-state index contributed by atoms with van der Waals surface area (Å²) in [5, 5.41) is 11.6. The zero-order chi connectivity index (χ0) is 13.3. The minimum Gasteiger partial charge on any atom is -0.397 e. The maximum absolute atomic E-state index is 11.9. The number of aromatic nitrogens is 1. The molecule has 1 saturated carbocycles. The maximum atomic E-state index is 11.9. The minimum atomic E-state index is -1.38. The van der Waals surface area contributed by atoms with E-state index in [0.29, 0.717) is 17.4 Å². The molecule has 1 heterocycles. The van der Waals surface area contributed by atoms with Gasteiger partial charge in [0.2, 0.25) is 5.91 Å². The standard InChI is InChI=1S/C11H16N4O3/c12-6-3-8(15(5-6)7-1-2-7)11(18)14-4-9(16)10(13)17/h3,5,7,9,16H,1-2,4,12H2,(H2,13,17)(H,14,18). The molecule has 7 heteroatoms. The SMILES string of the molecule is NC(=O)C(O)CNC(=O)c1cc(N)cn1C1CC1. The van der Waals surface area contributed by atoms with Crippen LogP contribution >= 0.6 is 0 Å². The van der Waals surface area contributed by atoms with Crippen LogP contribution in [0.25, 0.3) is 0 Å². The Labute approximate surface area is 104 Å². The summed E-state index contributed by atoms with van der Waals surface area (Å²) < 4.78 is 1.82. The average molecular weight is 252 g/mol. The van der Waals surface area contributed by atoms with Gasteiger partial charge in [-0.3, -0.25) is 9.59 Å². The van der Waals surface area contributed by atoms with Gasteiger partial charge in [0, 0.05) is 12.2 Å². The summed E-state index contributed by atoms with van der Waals surface area (Å²) in [4.78, 5) is 22.5. The van der Waals surface area contributed by atoms with E-state index in [9.17, 15) is 14.7 Å². The van der Waals surface area contributed by atoms with Crippen LogP contribution in [0, 0.1) is 0 Å². The third kappa shape index (κ3) is 2.62. The van der Waals surface area contributed by atoms with Gasteiger partial charge in [0.05, 0.1) is 12.2 Å². The van der Waals surface area contributed by atoms with Gasteiger partial charge in [-0.15, -0.1) is 0 Å². The largest absolute Gasteiger partial charge is 0.397 e. The van der Waals surface area contributed by atoms with Gasteiger partial charge in [-0.25, -0.2) is 0 Å². The lowest BCUT2D eigenvalue weighted by Crippen LogP contribution is -2.40. The van der Waals surface area contributed by atoms with Crippen LogP contribution in [-0.4, -0.2) is 34.1 Å². The number of hydrogen-bond donors (Lipinski definition) is 4. The van der Waals surface area contributed by atoms with Crippen molar-refractivity contribution in [1.29, 1.82) is 0 Å². The number of aliphatic hydroxyl groups is 1. The van der Waals surface area contributed by atoms with E-state index < -0.39 is 12.0 Å². The summed E-state index contributed by atoms with van der Waals surface area (Å²) in [6.45, 7) is -0.204. The van der Waals surface area contributed by atoms with Crippen molar-refractivity contribution in [3.05, 3.63) is 18.0 Å². The number of nitrogens with zero attached hydrogens (tertiary/aromatic N) is 1. The highest BCUT2D eigenvalue weighted by atomic mass is 16.3. The van der Waals surface area contributed by atoms with E-state index in [0.717, 1.165) is 12.8 Å². The van der Waals surface area contributed by atoms with E-state index >= 15 is 0 Å². The average Bonchev–Trinajstić information content (AvgIpc) is 3.08. The molecule has 98 valence electrons. The first-order chi connectivity index (χ1) is 8.49. The van der Waals surface area contributed by atoms with Crippen LogP contribution < -0.4 is 16.8 Å². The number of hydrogen-bond acceptors (Lipinski definition) is 4. The smallest absolute Gasteiger partial charge is 0.268 e. The van der Waals surface area contributed by atoms with Crippen LogP contribution in [0.1, 0.15) is 29.4 Å². The summed E-state index contributed by atoms with van der Waals surface area (Å²) >= 11 is 0. The number of carbonyl (C=O) groups excluding carboxylic acids is 2. The van der Waals surface area contributed by atoms with Crippen LogP contribution in [0.5, 0.6) is 0 Å². The van der Waals surface area contributed by atoms with Crippen molar-refractivity contribution in [1.82, 2.24) is 9.88 Å². The molecular formula is C11H16N4O3. The van der Waals surface area contributed by atoms with E-state index in [1.807, 2.05) is 4.57 Å². The van der Waals surface area contributed by atoms with Crippen molar-refractivity contribution in [2.45, 2.75) is 25.0 Å². The molecule has 6 N–H and O–H groups in total. The predicted molar refractivity (Wildman–Crippen MR) is 64.6 cm³/mol. The second kappa shape index (κ2) is 4.69. The topological polar surface area (TPSA) is 123 Å². The highest BCUT2D eigenvalue weighted by molar-refractivity contribution is 5.94. The van der Waals surface area contributed by atoms with Gasteiger partial charge < -0.3 is 26.5 Å². The molecule has 1 aliphatic carbocycles. The van der Waals surface area contributed by atoms with Crippen LogP contribution in [-0.2, 0) is 4.79 Å². The van der Waals surface area contributed by atoms with Crippen molar-refractivity contribution in [2.24, 2.45) is 5.73 Å². The summed E-state index contributed by atoms with van der Waals surface area (Å²) in [6, 6.07) is 1.90. The molecular weight excluding hydrogens is 236 g/mol. The molecule has 2 amide bonds. The normalized spacial score (nSPS) is 16.3. The number of amides is 2. The second-order valence-electron chi connectivity index (χ2n) is 4.43. The Bertz CT molecular complexity index is 479. The minimum absolute atomic E-state index is 0.204. The number of nitrogens with one attached hydrogen (secondary N) is 1. The lowest BCUT2D eigenvalue weighted by molar-refractivity contribution is -0.125. The molecule has 1 unspecified atom stereocenters. The fourth-order valence-electron chi connectivity index (χ4n) is 1.72. The highest BCUT2D eigenvalue weighted by Crippen LogP contribution is 2.37. The molecule has 0 aliphatic heterocycles. The molecule has 1 fully saturated rings. The van der Waals surface area contributed by atoms with E-state index in [1.54, 1.807) is 12.3 Å². The van der Waals surface area contributed by atoms with Gasteiger partial charge in [0.15, 0.2) is 0 Å². The van der Waals surface area contributed by atoms with Crippen LogP contribution in [0.15, 0.2) is 12.3 Å². The Hall–Kier alpha value is -2.02. The van der Waals surface area contributed by atoms with Gasteiger partial charge in [-0.05, 0) is 18.9 Å². The van der Waals surface area contributed by atoms with Crippen molar-refractivity contribution >= 4 is 17.5 Å². The molecule has 1 aliphatic rings. The fraction of sp³-hybridized carbons (Fsp3) is 0.455. The molecule has 0 radical (unpaired) electrons. The molecule has 0 bridgehead atoms. The Morgan fingerprint density at radius 2 is 2.22 bits per heavy atom. The van der Waals surface area contributed by atoms with E-state index in [2.05, 4.69) is 5.32 Å². The fourth-order valence-corrected chi connectivity index (χ4v) is 1.72. The molecule has 18 heavy (non-hydrogen) atoms. The number of primary amides is 1. The maximum Gasteiger partial charge on any atom is 0.268 e. The zero-order valence-corrected chi connectivity index (χ0v) is 9.80. The molecule has 0 spiro atoms. The highest BCUT2D eigenvalue weighted by Gasteiger charge is 2.27. The molecule has 1 aromatic rings. The van der Waals surface area contributed by atoms with Crippen LogP contribution in [0.2, 0.25) is 0 Å². The Kier molecular flexibility index (Phi) is 3.24. The summed E-state index contributed by atoms with van der Waals surface area (Å²) in [5.41, 5.74) is 11.5. The van der Waals surface area contributed by atoms with Gasteiger partial charge >= 0.3 is 0 Å². The van der Waals surface area contributed by atoms with Crippen LogP contribution in [0.4, 0.5) is 5.69 Å². The lowest BCUT2D eigenvalue weighted by Gasteiger charge is -2.10. The second-order valence-corrected chi connectivity index (χ2v) is 4.43. The zero-order valence-electron chi connectivity index (χ0n) is 9.80. The Morgan fingerprint density at radius 3 is 2.78 bits per heavy atom. The molecule has 1 aromatic heterocycles. The van der Waals surface area contributed by atoms with Gasteiger partial charge in [-0.1, -0.05) is 0 Å². The number of anilines is 1. The summed E-state index contributed by atoms with van der Waals surface area (Å²) in [7, 11) is 0. The first kappa shape index (κ1) is 12.4. The van der Waals surface area contributed by atoms with Crippen molar-refractivity contribution in [3.8, 4) is 0 Å². The molecule has 0 saturated heterocycles. The first-order valence-electron chi connectivity index (χ1n) is 5.72. The Balaban J connectivity index is 2.02. The van der Waals surface area contributed by atoms with Crippen molar-refractivity contribution in [3.63, 3.8) is 0 Å². The number of rotatable bonds is 5. The van der Waals surface area contributed by atoms with Gasteiger partial charge in [0.1, 0.15) is 11.8 Å².